The van der Waals surface area contributed by atoms with Gasteiger partial charge >= 0.3 is 5.63 Å². The zero-order valence-electron chi connectivity index (χ0n) is 21.2. The van der Waals surface area contributed by atoms with E-state index in [0.29, 0.717) is 60.1 Å². The molecule has 0 saturated heterocycles. The van der Waals surface area contributed by atoms with Crippen LogP contribution >= 0.6 is 0 Å². The Labute approximate surface area is 215 Å². The lowest BCUT2D eigenvalue weighted by molar-refractivity contribution is 0.0741. The second-order valence-corrected chi connectivity index (χ2v) is 8.38. The second-order valence-electron chi connectivity index (χ2n) is 8.38. The van der Waals surface area contributed by atoms with Crippen LogP contribution in [0.25, 0.3) is 11.0 Å². The van der Waals surface area contributed by atoms with E-state index in [1.807, 2.05) is 48.5 Å². The molecule has 8 nitrogen and oxygen atoms in total. The fraction of sp³-hybridized carbons (Fsp3) is 0.241. The van der Waals surface area contributed by atoms with Crippen molar-refractivity contribution in [2.24, 2.45) is 0 Å². The molecule has 1 amide bonds. The van der Waals surface area contributed by atoms with E-state index in [-0.39, 0.29) is 5.91 Å². The molecule has 37 heavy (non-hydrogen) atoms. The van der Waals surface area contributed by atoms with Gasteiger partial charge < -0.3 is 28.8 Å². The Bertz CT molecular complexity index is 1390. The summed E-state index contributed by atoms with van der Waals surface area (Å²) in [6.45, 7) is 1.48. The van der Waals surface area contributed by atoms with Crippen molar-refractivity contribution in [3.63, 3.8) is 0 Å². The largest absolute Gasteiger partial charge is 0.493 e. The van der Waals surface area contributed by atoms with Gasteiger partial charge in [-0.1, -0.05) is 42.5 Å². The molecule has 3 aromatic carbocycles. The molecule has 1 aromatic heterocycles. The molecule has 192 valence electrons. The molecule has 0 aliphatic carbocycles. The summed E-state index contributed by atoms with van der Waals surface area (Å²) in [6.07, 6.45) is 0.650. The molecule has 0 spiro atoms. The number of anilines is 1. The Morgan fingerprint density at radius 1 is 0.892 bits per heavy atom. The maximum atomic E-state index is 13.7. The fourth-order valence-electron chi connectivity index (χ4n) is 4.19. The number of rotatable bonds is 11. The van der Waals surface area contributed by atoms with Gasteiger partial charge in [-0.05, 0) is 36.2 Å². The first-order valence-electron chi connectivity index (χ1n) is 11.9. The summed E-state index contributed by atoms with van der Waals surface area (Å²) in [5.74, 6) is 1.11. The summed E-state index contributed by atoms with van der Waals surface area (Å²) >= 11 is 0. The molecule has 0 radical (unpaired) electrons. The molecule has 4 rings (SSSR count). The van der Waals surface area contributed by atoms with E-state index in [4.69, 9.17) is 18.6 Å². The zero-order chi connectivity index (χ0) is 26.2. The molecule has 8 heteroatoms. The van der Waals surface area contributed by atoms with Crippen molar-refractivity contribution in [3.8, 4) is 17.2 Å². The monoisotopic (exact) mass is 502 g/mol. The van der Waals surface area contributed by atoms with Crippen molar-refractivity contribution in [2.45, 2.75) is 13.0 Å². The van der Waals surface area contributed by atoms with Gasteiger partial charge in [0, 0.05) is 36.7 Å². The summed E-state index contributed by atoms with van der Waals surface area (Å²) in [4.78, 5) is 27.4. The SMILES string of the molecule is COc1cc(C(=O)N(CCCNc2cc(=O)oc3ccccc23)Cc2ccccc2)cc(OC)c1OC. The highest BCUT2D eigenvalue weighted by Crippen LogP contribution is 2.38. The third-order valence-corrected chi connectivity index (χ3v) is 5.99. The molecular formula is C29H30N2O6. The molecule has 0 bridgehead atoms. The topological polar surface area (TPSA) is 90.2 Å². The Kier molecular flexibility index (Phi) is 8.30. The van der Waals surface area contributed by atoms with E-state index >= 15 is 0 Å². The number of hydrogen-bond acceptors (Lipinski definition) is 7. The van der Waals surface area contributed by atoms with E-state index in [1.54, 1.807) is 23.1 Å². The molecule has 1 heterocycles. The van der Waals surface area contributed by atoms with Crippen LogP contribution in [-0.2, 0) is 6.54 Å². The Balaban J connectivity index is 1.53. The van der Waals surface area contributed by atoms with Crippen molar-refractivity contribution >= 4 is 22.6 Å². The van der Waals surface area contributed by atoms with Crippen molar-refractivity contribution in [1.82, 2.24) is 4.90 Å². The summed E-state index contributed by atoms with van der Waals surface area (Å²) in [5, 5.41) is 4.15. The van der Waals surface area contributed by atoms with Gasteiger partial charge in [-0.25, -0.2) is 4.79 Å². The van der Waals surface area contributed by atoms with E-state index in [0.717, 1.165) is 10.9 Å². The van der Waals surface area contributed by atoms with Gasteiger partial charge in [0.05, 0.1) is 27.0 Å². The highest BCUT2D eigenvalue weighted by atomic mass is 16.5. The first-order chi connectivity index (χ1) is 18.0. The van der Waals surface area contributed by atoms with Crippen LogP contribution in [0.1, 0.15) is 22.3 Å². The third-order valence-electron chi connectivity index (χ3n) is 5.99. The van der Waals surface area contributed by atoms with Crippen LogP contribution < -0.4 is 25.2 Å². The van der Waals surface area contributed by atoms with Crippen LogP contribution in [0.4, 0.5) is 5.69 Å². The number of carbonyl (C=O) groups is 1. The second kappa shape index (κ2) is 12.0. The molecule has 0 unspecified atom stereocenters. The minimum Gasteiger partial charge on any atom is -0.493 e. The van der Waals surface area contributed by atoms with Crippen LogP contribution in [0.3, 0.4) is 0 Å². The third kappa shape index (κ3) is 6.03. The van der Waals surface area contributed by atoms with Gasteiger partial charge in [-0.15, -0.1) is 0 Å². The summed E-state index contributed by atoms with van der Waals surface area (Å²) in [7, 11) is 4.57. The number of carbonyl (C=O) groups excluding carboxylic acids is 1. The maximum absolute atomic E-state index is 13.7. The predicted octanol–water partition coefficient (Wildman–Crippen LogP) is 4.96. The maximum Gasteiger partial charge on any atom is 0.338 e. The van der Waals surface area contributed by atoms with Gasteiger partial charge in [0.2, 0.25) is 5.75 Å². The van der Waals surface area contributed by atoms with Gasteiger partial charge in [0.25, 0.3) is 5.91 Å². The van der Waals surface area contributed by atoms with Gasteiger partial charge in [-0.2, -0.15) is 0 Å². The fourth-order valence-corrected chi connectivity index (χ4v) is 4.19. The molecule has 0 fully saturated rings. The lowest BCUT2D eigenvalue weighted by Crippen LogP contribution is -2.32. The summed E-state index contributed by atoms with van der Waals surface area (Å²) in [5.41, 5.74) is 2.27. The molecular weight excluding hydrogens is 472 g/mol. The Hall–Kier alpha value is -4.46. The molecule has 0 aliphatic rings. The molecule has 0 atom stereocenters. The molecule has 4 aromatic rings. The zero-order valence-corrected chi connectivity index (χ0v) is 21.2. The molecule has 1 N–H and O–H groups in total. The minimum absolute atomic E-state index is 0.158. The van der Waals surface area contributed by atoms with Crippen molar-refractivity contribution in [3.05, 3.63) is 94.3 Å². The predicted molar refractivity (Wildman–Crippen MR) is 143 cm³/mol. The number of methoxy groups -OCH3 is 3. The first-order valence-corrected chi connectivity index (χ1v) is 11.9. The highest BCUT2D eigenvalue weighted by molar-refractivity contribution is 5.95. The van der Waals surface area contributed by atoms with Gasteiger partial charge in [0.1, 0.15) is 5.58 Å². The van der Waals surface area contributed by atoms with E-state index in [9.17, 15) is 9.59 Å². The summed E-state index contributed by atoms with van der Waals surface area (Å²) < 4.78 is 21.5. The number of benzene rings is 3. The Morgan fingerprint density at radius 3 is 2.24 bits per heavy atom. The van der Waals surface area contributed by atoms with Crippen molar-refractivity contribution in [2.75, 3.05) is 39.7 Å². The van der Waals surface area contributed by atoms with E-state index in [1.165, 1.54) is 27.4 Å². The first kappa shape index (κ1) is 25.6. The van der Waals surface area contributed by atoms with Gasteiger partial charge in [0.15, 0.2) is 11.5 Å². The molecule has 0 saturated carbocycles. The Morgan fingerprint density at radius 2 is 1.57 bits per heavy atom. The smallest absolute Gasteiger partial charge is 0.338 e. The number of hydrogen-bond donors (Lipinski definition) is 1. The standard InChI is InChI=1S/C29H30N2O6/c1-34-25-16-21(17-26(35-2)28(25)36-3)29(33)31(19-20-10-5-4-6-11-20)15-9-14-30-23-18-27(32)37-24-13-8-7-12-22(23)24/h4-8,10-13,16-18,30H,9,14-15,19H2,1-3H3. The normalized spacial score (nSPS) is 10.7. The highest BCUT2D eigenvalue weighted by Gasteiger charge is 2.21. The average molecular weight is 503 g/mol. The van der Waals surface area contributed by atoms with Crippen LogP contribution in [0.5, 0.6) is 17.2 Å². The van der Waals surface area contributed by atoms with Crippen molar-refractivity contribution < 1.29 is 23.4 Å². The lowest BCUT2D eigenvalue weighted by Gasteiger charge is -2.24. The van der Waals surface area contributed by atoms with Crippen LogP contribution in [0, 0.1) is 0 Å². The number of para-hydroxylation sites is 1. The minimum atomic E-state index is -0.413. The number of fused-ring (bicyclic) bond motifs is 1. The average Bonchev–Trinajstić information content (AvgIpc) is 2.93. The number of ether oxygens (including phenoxy) is 3. The van der Waals surface area contributed by atoms with E-state index in [2.05, 4.69) is 5.32 Å². The van der Waals surface area contributed by atoms with Gasteiger partial charge in [-0.3, -0.25) is 4.79 Å². The van der Waals surface area contributed by atoms with E-state index < -0.39 is 5.63 Å². The van der Waals surface area contributed by atoms with Crippen LogP contribution in [0.15, 0.2) is 82.0 Å². The summed E-state index contributed by atoms with van der Waals surface area (Å²) in [6, 6.07) is 22.0. The van der Waals surface area contributed by atoms with Crippen molar-refractivity contribution in [1.29, 1.82) is 0 Å². The lowest BCUT2D eigenvalue weighted by atomic mass is 10.1. The van der Waals surface area contributed by atoms with Crippen LogP contribution in [0.2, 0.25) is 0 Å². The van der Waals surface area contributed by atoms with Crippen LogP contribution in [-0.4, -0.2) is 45.2 Å². The number of nitrogens with zero attached hydrogens (tertiary/aromatic N) is 1. The molecule has 0 aliphatic heterocycles. The quantitative estimate of drug-likeness (QED) is 0.229. The number of amides is 1. The number of nitrogens with one attached hydrogen (secondary N) is 1.